The summed E-state index contributed by atoms with van der Waals surface area (Å²) in [6, 6.07) is 7.14. The van der Waals surface area contributed by atoms with E-state index in [1.807, 2.05) is 6.07 Å². The van der Waals surface area contributed by atoms with Gasteiger partial charge in [0.05, 0.1) is 0 Å². The predicted octanol–water partition coefficient (Wildman–Crippen LogP) is 1.48. The zero-order valence-corrected chi connectivity index (χ0v) is 15.2. The van der Waals surface area contributed by atoms with E-state index < -0.39 is 0 Å². The molecule has 1 saturated carbocycles. The van der Waals surface area contributed by atoms with E-state index in [2.05, 4.69) is 20.9 Å². The third-order valence-corrected chi connectivity index (χ3v) is 4.49. The van der Waals surface area contributed by atoms with Gasteiger partial charge in [-0.1, -0.05) is 6.07 Å². The Labute approximate surface area is 155 Å². The maximum Gasteiger partial charge on any atom is 0.251 e. The van der Waals surface area contributed by atoms with Gasteiger partial charge < -0.3 is 20.9 Å². The van der Waals surface area contributed by atoms with Crippen LogP contribution in [-0.4, -0.2) is 56.0 Å². The zero-order chi connectivity index (χ0) is 16.8. The Balaban J connectivity index is 0.00000225. The lowest BCUT2D eigenvalue weighted by Crippen LogP contribution is -2.44. The van der Waals surface area contributed by atoms with Crippen LogP contribution in [0.25, 0.3) is 0 Å². The van der Waals surface area contributed by atoms with E-state index in [0.717, 1.165) is 52.0 Å². The maximum absolute atomic E-state index is 12.2. The molecule has 0 atom stereocenters. The highest BCUT2D eigenvalue weighted by atomic mass is 35.5. The Kier molecular flexibility index (Phi) is 7.68. The van der Waals surface area contributed by atoms with Gasteiger partial charge in [-0.3, -0.25) is 9.59 Å². The molecule has 2 aliphatic rings. The number of carbonyl (C=O) groups excluding carboxylic acids is 2. The average molecular weight is 367 g/mol. The molecule has 25 heavy (non-hydrogen) atoms. The molecule has 3 N–H and O–H groups in total. The summed E-state index contributed by atoms with van der Waals surface area (Å²) < 4.78 is 0. The SMILES string of the molecule is Cl.O=C(NCCCN1CCNCC1)c1cccc(NC(=O)C2CC2)c1. The lowest BCUT2D eigenvalue weighted by atomic mass is 10.2. The van der Waals surface area contributed by atoms with E-state index in [4.69, 9.17) is 0 Å². The van der Waals surface area contributed by atoms with Crippen molar-refractivity contribution in [3.63, 3.8) is 0 Å². The topological polar surface area (TPSA) is 73.5 Å². The molecule has 7 heteroatoms. The fourth-order valence-electron chi connectivity index (χ4n) is 2.87. The van der Waals surface area contributed by atoms with Crippen molar-refractivity contribution >= 4 is 29.9 Å². The van der Waals surface area contributed by atoms with Crippen molar-refractivity contribution in [1.29, 1.82) is 0 Å². The van der Waals surface area contributed by atoms with E-state index in [9.17, 15) is 9.59 Å². The lowest BCUT2D eigenvalue weighted by Gasteiger charge is -2.27. The minimum Gasteiger partial charge on any atom is -0.352 e. The van der Waals surface area contributed by atoms with E-state index >= 15 is 0 Å². The molecule has 138 valence electrons. The fourth-order valence-corrected chi connectivity index (χ4v) is 2.87. The van der Waals surface area contributed by atoms with Crippen molar-refractivity contribution in [1.82, 2.24) is 15.5 Å². The Hall–Kier alpha value is -1.63. The van der Waals surface area contributed by atoms with E-state index in [1.54, 1.807) is 18.2 Å². The number of carbonyl (C=O) groups is 2. The Morgan fingerprint density at radius 1 is 1.20 bits per heavy atom. The van der Waals surface area contributed by atoms with Gasteiger partial charge in [0.1, 0.15) is 0 Å². The van der Waals surface area contributed by atoms with Crippen molar-refractivity contribution in [2.24, 2.45) is 5.92 Å². The summed E-state index contributed by atoms with van der Waals surface area (Å²) >= 11 is 0. The van der Waals surface area contributed by atoms with Crippen LogP contribution in [0.3, 0.4) is 0 Å². The standard InChI is InChI=1S/C18H26N4O2.ClH/c23-17(20-7-2-10-22-11-8-19-9-12-22)15-3-1-4-16(13-15)21-18(24)14-5-6-14;/h1,3-4,13-14,19H,2,5-12H2,(H,20,23)(H,21,24);1H. The van der Waals surface area contributed by atoms with Crippen LogP contribution in [0.5, 0.6) is 0 Å². The molecule has 0 unspecified atom stereocenters. The monoisotopic (exact) mass is 366 g/mol. The van der Waals surface area contributed by atoms with Gasteiger partial charge in [0, 0.05) is 49.9 Å². The summed E-state index contributed by atoms with van der Waals surface area (Å²) in [6.07, 6.45) is 2.89. The van der Waals surface area contributed by atoms with Gasteiger partial charge in [-0.15, -0.1) is 12.4 Å². The molecule has 1 saturated heterocycles. The minimum absolute atomic E-state index is 0. The van der Waals surface area contributed by atoms with Crippen LogP contribution in [0, 0.1) is 5.92 Å². The molecule has 1 aromatic carbocycles. The van der Waals surface area contributed by atoms with Gasteiger partial charge in [-0.25, -0.2) is 0 Å². The normalized spacial score (nSPS) is 17.4. The van der Waals surface area contributed by atoms with Crippen LogP contribution in [0.2, 0.25) is 0 Å². The second-order valence-corrected chi connectivity index (χ2v) is 6.55. The summed E-state index contributed by atoms with van der Waals surface area (Å²) in [5, 5.41) is 9.17. The number of piperazine rings is 1. The number of anilines is 1. The van der Waals surface area contributed by atoms with Gasteiger partial charge in [-0.05, 0) is 44.0 Å². The number of nitrogens with one attached hydrogen (secondary N) is 3. The van der Waals surface area contributed by atoms with Gasteiger partial charge in [0.15, 0.2) is 0 Å². The molecule has 0 spiro atoms. The number of benzene rings is 1. The molecule has 6 nitrogen and oxygen atoms in total. The lowest BCUT2D eigenvalue weighted by molar-refractivity contribution is -0.117. The number of hydrogen-bond acceptors (Lipinski definition) is 4. The molecule has 0 bridgehead atoms. The molecule has 0 aromatic heterocycles. The molecule has 1 aliphatic carbocycles. The molecular formula is C18H27ClN4O2. The first-order valence-electron chi connectivity index (χ1n) is 8.84. The predicted molar refractivity (Wildman–Crippen MR) is 101 cm³/mol. The second-order valence-electron chi connectivity index (χ2n) is 6.55. The maximum atomic E-state index is 12.2. The van der Waals surface area contributed by atoms with Gasteiger partial charge >= 0.3 is 0 Å². The summed E-state index contributed by atoms with van der Waals surface area (Å²) in [7, 11) is 0. The number of amides is 2. The van der Waals surface area contributed by atoms with Crippen molar-refractivity contribution < 1.29 is 9.59 Å². The Bertz CT molecular complexity index is 586. The molecule has 1 aliphatic heterocycles. The summed E-state index contributed by atoms with van der Waals surface area (Å²) in [5.74, 6) is 0.133. The second kappa shape index (κ2) is 9.75. The first-order chi connectivity index (χ1) is 11.7. The number of hydrogen-bond donors (Lipinski definition) is 3. The summed E-state index contributed by atoms with van der Waals surface area (Å²) in [5.41, 5.74) is 1.28. The molecule has 2 amide bonds. The van der Waals surface area contributed by atoms with Crippen molar-refractivity contribution in [3.05, 3.63) is 29.8 Å². The smallest absolute Gasteiger partial charge is 0.251 e. The summed E-state index contributed by atoms with van der Waals surface area (Å²) in [6.45, 7) is 5.94. The number of halogens is 1. The zero-order valence-electron chi connectivity index (χ0n) is 14.4. The van der Waals surface area contributed by atoms with Gasteiger partial charge in [0.2, 0.25) is 5.91 Å². The Morgan fingerprint density at radius 3 is 2.68 bits per heavy atom. The molecule has 1 heterocycles. The van der Waals surface area contributed by atoms with Crippen LogP contribution < -0.4 is 16.0 Å². The van der Waals surface area contributed by atoms with E-state index in [-0.39, 0.29) is 30.1 Å². The minimum atomic E-state index is -0.0853. The number of rotatable bonds is 7. The summed E-state index contributed by atoms with van der Waals surface area (Å²) in [4.78, 5) is 26.4. The molecule has 0 radical (unpaired) electrons. The van der Waals surface area contributed by atoms with Crippen LogP contribution in [0.1, 0.15) is 29.6 Å². The van der Waals surface area contributed by atoms with Crippen LogP contribution >= 0.6 is 12.4 Å². The van der Waals surface area contributed by atoms with Crippen LogP contribution in [-0.2, 0) is 4.79 Å². The van der Waals surface area contributed by atoms with E-state index in [0.29, 0.717) is 17.8 Å². The third kappa shape index (κ3) is 6.30. The van der Waals surface area contributed by atoms with Crippen molar-refractivity contribution in [2.75, 3.05) is 44.6 Å². The molecule has 1 aromatic rings. The molecule has 2 fully saturated rings. The first kappa shape index (κ1) is 19.7. The Morgan fingerprint density at radius 2 is 1.96 bits per heavy atom. The van der Waals surface area contributed by atoms with Crippen molar-refractivity contribution in [3.8, 4) is 0 Å². The fraction of sp³-hybridized carbons (Fsp3) is 0.556. The van der Waals surface area contributed by atoms with Gasteiger partial charge in [-0.2, -0.15) is 0 Å². The van der Waals surface area contributed by atoms with Crippen LogP contribution in [0.4, 0.5) is 5.69 Å². The highest BCUT2D eigenvalue weighted by Crippen LogP contribution is 2.30. The first-order valence-corrected chi connectivity index (χ1v) is 8.84. The highest BCUT2D eigenvalue weighted by molar-refractivity contribution is 5.98. The molecule has 3 rings (SSSR count). The van der Waals surface area contributed by atoms with Gasteiger partial charge in [0.25, 0.3) is 5.91 Å². The van der Waals surface area contributed by atoms with E-state index in [1.165, 1.54) is 0 Å². The quantitative estimate of drug-likeness (QED) is 0.639. The van der Waals surface area contributed by atoms with Crippen LogP contribution in [0.15, 0.2) is 24.3 Å². The average Bonchev–Trinajstić information content (AvgIpc) is 3.45. The molecular weight excluding hydrogens is 340 g/mol. The third-order valence-electron chi connectivity index (χ3n) is 4.49. The van der Waals surface area contributed by atoms with Crippen molar-refractivity contribution in [2.45, 2.75) is 19.3 Å². The largest absolute Gasteiger partial charge is 0.352 e. The number of nitrogens with zero attached hydrogens (tertiary/aromatic N) is 1. The highest BCUT2D eigenvalue weighted by Gasteiger charge is 2.29.